The number of carbonyl (C=O) groups excluding carboxylic acids is 1. The van der Waals surface area contributed by atoms with Gasteiger partial charge in [0.05, 0.1) is 5.69 Å². The van der Waals surface area contributed by atoms with Crippen molar-refractivity contribution < 1.29 is 9.90 Å². The van der Waals surface area contributed by atoms with Gasteiger partial charge in [-0.1, -0.05) is 25.0 Å². The summed E-state index contributed by atoms with van der Waals surface area (Å²) in [6.07, 6.45) is 6.97. The second-order valence-electron chi connectivity index (χ2n) is 7.66. The van der Waals surface area contributed by atoms with Crippen LogP contribution in [0.5, 0.6) is 5.75 Å². The van der Waals surface area contributed by atoms with Crippen molar-refractivity contribution in [1.29, 1.82) is 0 Å². The second kappa shape index (κ2) is 8.55. The van der Waals surface area contributed by atoms with E-state index in [2.05, 4.69) is 20.7 Å². The molecule has 0 aliphatic heterocycles. The summed E-state index contributed by atoms with van der Waals surface area (Å²) in [5, 5.41) is 21.1. The lowest BCUT2D eigenvalue weighted by molar-refractivity contribution is -0.124. The highest BCUT2D eigenvalue weighted by molar-refractivity contribution is 6.36. The second-order valence-corrected chi connectivity index (χ2v) is 7.66. The number of benzene rings is 1. The lowest BCUT2D eigenvalue weighted by atomic mass is 10.0. The minimum atomic E-state index is 0.193. The van der Waals surface area contributed by atoms with E-state index in [9.17, 15) is 9.90 Å². The average molecular weight is 391 g/mol. The van der Waals surface area contributed by atoms with Crippen molar-refractivity contribution in [1.82, 2.24) is 19.9 Å². The van der Waals surface area contributed by atoms with E-state index in [1.165, 1.54) is 12.8 Å². The molecule has 0 spiro atoms. The monoisotopic (exact) mass is 391 g/mol. The highest BCUT2D eigenvalue weighted by Gasteiger charge is 2.21. The van der Waals surface area contributed by atoms with Crippen LogP contribution in [0.2, 0.25) is 0 Å². The lowest BCUT2D eigenvalue weighted by Gasteiger charge is -2.13. The number of nitrogens with one attached hydrogen (secondary N) is 2. The molecule has 2 aromatic heterocycles. The maximum absolute atomic E-state index is 12.1. The predicted molar refractivity (Wildman–Crippen MR) is 116 cm³/mol. The van der Waals surface area contributed by atoms with Gasteiger partial charge in [-0.25, -0.2) is 4.98 Å². The Balaban J connectivity index is 1.44. The summed E-state index contributed by atoms with van der Waals surface area (Å²) >= 11 is 0. The van der Waals surface area contributed by atoms with E-state index >= 15 is 0 Å². The van der Waals surface area contributed by atoms with Crippen LogP contribution in [-0.2, 0) is 4.79 Å². The fourth-order valence-corrected chi connectivity index (χ4v) is 3.88. The third-order valence-electron chi connectivity index (χ3n) is 5.51. The molecular formula is C21H26BN5O2. The van der Waals surface area contributed by atoms with E-state index in [1.54, 1.807) is 22.8 Å². The first-order valence-corrected chi connectivity index (χ1v) is 10.3. The SMILES string of the molecule is Bc1cnn2c(NCCCNC(=O)C3CCCC3)cc(-c3ccccc3O)nc12. The van der Waals surface area contributed by atoms with Gasteiger partial charge in [0.15, 0.2) is 5.65 Å². The highest BCUT2D eigenvalue weighted by Crippen LogP contribution is 2.29. The molecule has 0 bridgehead atoms. The van der Waals surface area contributed by atoms with Crippen LogP contribution in [-0.4, -0.2) is 46.5 Å². The molecule has 1 aromatic carbocycles. The number of aromatic nitrogens is 3. The number of carbonyl (C=O) groups is 1. The van der Waals surface area contributed by atoms with Crippen molar-refractivity contribution in [3.05, 3.63) is 36.5 Å². The maximum Gasteiger partial charge on any atom is 0.223 e. The van der Waals surface area contributed by atoms with Gasteiger partial charge in [0.25, 0.3) is 0 Å². The van der Waals surface area contributed by atoms with Gasteiger partial charge < -0.3 is 15.7 Å². The minimum absolute atomic E-state index is 0.193. The Morgan fingerprint density at radius 1 is 1.24 bits per heavy atom. The predicted octanol–water partition coefficient (Wildman–Crippen LogP) is 1.47. The first-order valence-electron chi connectivity index (χ1n) is 10.3. The van der Waals surface area contributed by atoms with Crippen molar-refractivity contribution in [2.45, 2.75) is 32.1 Å². The number of hydrogen-bond donors (Lipinski definition) is 3. The molecule has 1 amide bonds. The number of hydrogen-bond acceptors (Lipinski definition) is 5. The van der Waals surface area contributed by atoms with Crippen LogP contribution >= 0.6 is 0 Å². The van der Waals surface area contributed by atoms with Crippen LogP contribution in [0.25, 0.3) is 16.9 Å². The summed E-state index contributed by atoms with van der Waals surface area (Å²) in [4.78, 5) is 16.8. The fourth-order valence-electron chi connectivity index (χ4n) is 3.88. The standard InChI is InChI=1S/C21H26BN5O2/c22-16-13-25-27-19(23-10-5-11-24-21(29)14-6-1-2-7-14)12-17(26-20(16)27)15-8-3-4-9-18(15)28/h3-4,8-9,12-14,23,28H,1-2,5-7,10-11,22H2,(H,24,29). The number of fused-ring (bicyclic) bond motifs is 1. The molecule has 29 heavy (non-hydrogen) atoms. The molecule has 7 nitrogen and oxygen atoms in total. The topological polar surface area (TPSA) is 91.5 Å². The first kappa shape index (κ1) is 19.3. The minimum Gasteiger partial charge on any atom is -0.507 e. The smallest absolute Gasteiger partial charge is 0.223 e. The van der Waals surface area contributed by atoms with Crippen LogP contribution in [0.4, 0.5) is 5.82 Å². The molecule has 0 saturated heterocycles. The van der Waals surface area contributed by atoms with Crippen LogP contribution in [0, 0.1) is 5.92 Å². The third-order valence-corrected chi connectivity index (χ3v) is 5.51. The molecule has 0 atom stereocenters. The quantitative estimate of drug-likeness (QED) is 0.419. The summed E-state index contributed by atoms with van der Waals surface area (Å²) < 4.78 is 1.77. The van der Waals surface area contributed by atoms with Crippen molar-refractivity contribution >= 4 is 30.7 Å². The zero-order valence-corrected chi connectivity index (χ0v) is 16.7. The van der Waals surface area contributed by atoms with E-state index in [-0.39, 0.29) is 17.6 Å². The summed E-state index contributed by atoms with van der Waals surface area (Å²) in [5.74, 6) is 1.40. The average Bonchev–Trinajstić information content (AvgIpc) is 3.38. The van der Waals surface area contributed by atoms with E-state index in [0.29, 0.717) is 24.3 Å². The zero-order valence-electron chi connectivity index (χ0n) is 16.7. The summed E-state index contributed by atoms with van der Waals surface area (Å²) in [7, 11) is 1.96. The molecule has 4 rings (SSSR count). The van der Waals surface area contributed by atoms with Crippen LogP contribution < -0.4 is 16.1 Å². The highest BCUT2D eigenvalue weighted by atomic mass is 16.3. The normalized spacial score (nSPS) is 14.3. The van der Waals surface area contributed by atoms with Gasteiger partial charge >= 0.3 is 0 Å². The van der Waals surface area contributed by atoms with Gasteiger partial charge in [-0.15, -0.1) is 0 Å². The van der Waals surface area contributed by atoms with Gasteiger partial charge in [-0.2, -0.15) is 9.61 Å². The largest absolute Gasteiger partial charge is 0.507 e. The Morgan fingerprint density at radius 2 is 2.03 bits per heavy atom. The molecule has 1 saturated carbocycles. The molecule has 150 valence electrons. The molecule has 0 unspecified atom stereocenters. The Hall–Kier alpha value is -3.03. The fraction of sp³-hybridized carbons (Fsp3) is 0.381. The molecule has 1 fully saturated rings. The molecule has 0 radical (unpaired) electrons. The Kier molecular flexibility index (Phi) is 5.69. The van der Waals surface area contributed by atoms with E-state index in [0.717, 1.165) is 36.2 Å². The Morgan fingerprint density at radius 3 is 2.83 bits per heavy atom. The molecule has 1 aliphatic rings. The van der Waals surface area contributed by atoms with Crippen molar-refractivity contribution in [3.63, 3.8) is 0 Å². The van der Waals surface area contributed by atoms with Gasteiger partial charge in [-0.3, -0.25) is 4.79 Å². The lowest BCUT2D eigenvalue weighted by Crippen LogP contribution is -2.31. The first-order chi connectivity index (χ1) is 14.1. The van der Waals surface area contributed by atoms with E-state index in [4.69, 9.17) is 0 Å². The number of rotatable bonds is 7. The van der Waals surface area contributed by atoms with Crippen molar-refractivity contribution in [2.75, 3.05) is 18.4 Å². The third kappa shape index (κ3) is 4.21. The van der Waals surface area contributed by atoms with Gasteiger partial charge in [-0.05, 0) is 36.9 Å². The number of phenolic OH excluding ortho intramolecular Hbond substituents is 1. The van der Waals surface area contributed by atoms with Crippen LogP contribution in [0.3, 0.4) is 0 Å². The Labute approximate surface area is 171 Å². The molecule has 3 aromatic rings. The molecule has 3 N–H and O–H groups in total. The number of amides is 1. The van der Waals surface area contributed by atoms with Gasteiger partial charge in [0, 0.05) is 36.8 Å². The molecule has 1 aliphatic carbocycles. The van der Waals surface area contributed by atoms with E-state index in [1.807, 2.05) is 26.0 Å². The van der Waals surface area contributed by atoms with Gasteiger partial charge in [0.1, 0.15) is 19.4 Å². The molecule has 2 heterocycles. The zero-order chi connectivity index (χ0) is 20.2. The van der Waals surface area contributed by atoms with Crippen molar-refractivity contribution in [3.8, 4) is 17.0 Å². The van der Waals surface area contributed by atoms with E-state index < -0.39 is 0 Å². The Bertz CT molecular complexity index is 1010. The van der Waals surface area contributed by atoms with Crippen molar-refractivity contribution in [2.24, 2.45) is 5.92 Å². The number of nitrogens with zero attached hydrogens (tertiary/aromatic N) is 3. The summed E-state index contributed by atoms with van der Waals surface area (Å²) in [6.45, 7) is 1.35. The summed E-state index contributed by atoms with van der Waals surface area (Å²) in [6, 6.07) is 9.07. The summed E-state index contributed by atoms with van der Waals surface area (Å²) in [5.41, 5.74) is 3.09. The molecule has 8 heteroatoms. The van der Waals surface area contributed by atoms with Crippen LogP contribution in [0.15, 0.2) is 36.5 Å². The number of phenols is 1. The number of aromatic hydroxyl groups is 1. The molecular weight excluding hydrogens is 365 g/mol. The number of para-hydroxylation sites is 1. The number of anilines is 1. The maximum atomic E-state index is 12.1. The van der Waals surface area contributed by atoms with Crippen LogP contribution in [0.1, 0.15) is 32.1 Å². The van der Waals surface area contributed by atoms with Gasteiger partial charge in [0.2, 0.25) is 5.91 Å².